The van der Waals surface area contributed by atoms with E-state index in [0.717, 1.165) is 42.7 Å². The number of hydrogen-bond donors (Lipinski definition) is 3. The largest absolute Gasteiger partial charge is 0.418 e. The zero-order valence-electron chi connectivity index (χ0n) is 19.0. The molecule has 1 atom stereocenters. The van der Waals surface area contributed by atoms with Crippen LogP contribution in [-0.4, -0.2) is 56.1 Å². The van der Waals surface area contributed by atoms with Gasteiger partial charge in [-0.3, -0.25) is 14.4 Å². The van der Waals surface area contributed by atoms with E-state index in [1.165, 1.54) is 11.0 Å². The molecule has 2 aromatic rings. The summed E-state index contributed by atoms with van der Waals surface area (Å²) in [6.07, 6.45) is -2.15. The van der Waals surface area contributed by atoms with Gasteiger partial charge in [-0.2, -0.15) is 13.2 Å². The summed E-state index contributed by atoms with van der Waals surface area (Å²) < 4.78 is 47.2. The van der Waals surface area contributed by atoms with Crippen LogP contribution in [0.4, 0.5) is 24.5 Å². The molecule has 13 heteroatoms. The molecule has 1 saturated heterocycles. The molecule has 1 aromatic heterocycles. The lowest BCUT2D eigenvalue weighted by atomic mass is 9.92. The molecule has 1 aliphatic carbocycles. The molecule has 2 fully saturated rings. The SMILES string of the molecule is O=C(NC[C@H](NC1CCC1)C(=O)Nc1ccc(N2CCOCC2=O)cc1C(F)(F)F)c1ccc(Cl)s1. The van der Waals surface area contributed by atoms with Crippen LogP contribution in [0.25, 0.3) is 0 Å². The zero-order valence-corrected chi connectivity index (χ0v) is 20.6. The van der Waals surface area contributed by atoms with Crippen molar-refractivity contribution in [3.8, 4) is 0 Å². The minimum Gasteiger partial charge on any atom is -0.370 e. The maximum absolute atomic E-state index is 13.9. The zero-order chi connectivity index (χ0) is 25.9. The lowest BCUT2D eigenvalue weighted by Gasteiger charge is -2.31. The van der Waals surface area contributed by atoms with E-state index >= 15 is 0 Å². The Morgan fingerprint density at radius 2 is 2.00 bits per heavy atom. The maximum atomic E-state index is 13.9. The smallest absolute Gasteiger partial charge is 0.370 e. The molecule has 3 N–H and O–H groups in total. The van der Waals surface area contributed by atoms with E-state index in [9.17, 15) is 27.6 Å². The number of carbonyl (C=O) groups excluding carboxylic acids is 3. The number of halogens is 4. The quantitative estimate of drug-likeness (QED) is 0.471. The third-order valence-corrected chi connectivity index (χ3v) is 7.22. The first kappa shape index (κ1) is 26.4. The summed E-state index contributed by atoms with van der Waals surface area (Å²) in [7, 11) is 0. The van der Waals surface area contributed by atoms with E-state index in [2.05, 4.69) is 16.0 Å². The van der Waals surface area contributed by atoms with Gasteiger partial charge in [0.2, 0.25) is 5.91 Å². The van der Waals surface area contributed by atoms with Gasteiger partial charge in [0.1, 0.15) is 12.6 Å². The minimum atomic E-state index is -4.78. The van der Waals surface area contributed by atoms with Crippen molar-refractivity contribution in [2.24, 2.45) is 0 Å². The molecule has 3 amide bonds. The first-order valence-electron chi connectivity index (χ1n) is 11.3. The second-order valence-corrected chi connectivity index (χ2v) is 10.2. The number of alkyl halides is 3. The Kier molecular flexibility index (Phi) is 8.18. The van der Waals surface area contributed by atoms with E-state index < -0.39 is 41.2 Å². The van der Waals surface area contributed by atoms with E-state index in [4.69, 9.17) is 16.3 Å². The molecule has 0 unspecified atom stereocenters. The van der Waals surface area contributed by atoms with Crippen molar-refractivity contribution in [1.82, 2.24) is 10.6 Å². The molecule has 1 aliphatic heterocycles. The Morgan fingerprint density at radius 1 is 1.22 bits per heavy atom. The van der Waals surface area contributed by atoms with Crippen LogP contribution in [0, 0.1) is 0 Å². The van der Waals surface area contributed by atoms with Crippen molar-refractivity contribution in [3.63, 3.8) is 0 Å². The van der Waals surface area contributed by atoms with Crippen molar-refractivity contribution < 1.29 is 32.3 Å². The molecule has 2 heterocycles. The lowest BCUT2D eigenvalue weighted by molar-refractivity contribution is -0.137. The summed E-state index contributed by atoms with van der Waals surface area (Å²) in [6.45, 7) is 0.00398. The number of hydrogen-bond acceptors (Lipinski definition) is 6. The van der Waals surface area contributed by atoms with Gasteiger partial charge in [0.25, 0.3) is 11.8 Å². The number of thiophene rings is 1. The number of morpholine rings is 1. The molecule has 4 rings (SSSR count). The highest BCUT2D eigenvalue weighted by atomic mass is 35.5. The number of anilines is 2. The van der Waals surface area contributed by atoms with Crippen LogP contribution in [0.3, 0.4) is 0 Å². The summed E-state index contributed by atoms with van der Waals surface area (Å²) >= 11 is 6.94. The van der Waals surface area contributed by atoms with Crippen molar-refractivity contribution in [2.75, 3.05) is 36.5 Å². The predicted octanol–water partition coefficient (Wildman–Crippen LogP) is 3.66. The monoisotopic (exact) mass is 544 g/mol. The summed E-state index contributed by atoms with van der Waals surface area (Å²) in [5.74, 6) is -1.60. The molecule has 0 bridgehead atoms. The van der Waals surface area contributed by atoms with Gasteiger partial charge >= 0.3 is 6.18 Å². The first-order valence-corrected chi connectivity index (χ1v) is 12.5. The Hall–Kier alpha value is -2.67. The average molecular weight is 545 g/mol. The maximum Gasteiger partial charge on any atom is 0.418 e. The third-order valence-electron chi connectivity index (χ3n) is 5.99. The fourth-order valence-electron chi connectivity index (χ4n) is 3.86. The standard InChI is InChI=1S/C23H24ClF3N4O4S/c24-19-7-6-18(36-19)22(34)28-11-17(29-13-2-1-3-13)21(33)30-16-5-4-14(10-15(16)23(25,26)27)31-8-9-35-12-20(31)32/h4-7,10,13,17,29H,1-3,8-9,11-12H2,(H,28,34)(H,30,33)/t17-/m0/s1. The van der Waals surface area contributed by atoms with Crippen molar-refractivity contribution in [1.29, 1.82) is 0 Å². The molecule has 0 spiro atoms. The van der Waals surface area contributed by atoms with E-state index in [1.54, 1.807) is 12.1 Å². The van der Waals surface area contributed by atoms with Gasteiger partial charge in [0.05, 0.1) is 27.1 Å². The van der Waals surface area contributed by atoms with Crippen LogP contribution < -0.4 is 20.9 Å². The number of benzene rings is 1. The van der Waals surface area contributed by atoms with Crippen LogP contribution in [0.2, 0.25) is 4.34 Å². The van der Waals surface area contributed by atoms with E-state index in [-0.39, 0.29) is 38.0 Å². The summed E-state index contributed by atoms with van der Waals surface area (Å²) in [4.78, 5) is 39.1. The molecule has 194 valence electrons. The van der Waals surface area contributed by atoms with Gasteiger partial charge in [-0.15, -0.1) is 11.3 Å². The second-order valence-electron chi connectivity index (χ2n) is 8.48. The van der Waals surface area contributed by atoms with Gasteiger partial charge < -0.3 is 25.6 Å². The van der Waals surface area contributed by atoms with Crippen LogP contribution in [0.1, 0.15) is 34.5 Å². The highest BCUT2D eigenvalue weighted by Gasteiger charge is 2.36. The number of carbonyl (C=O) groups is 3. The highest BCUT2D eigenvalue weighted by Crippen LogP contribution is 2.37. The second kappa shape index (κ2) is 11.2. The van der Waals surface area contributed by atoms with Gasteiger partial charge in [-0.25, -0.2) is 0 Å². The minimum absolute atomic E-state index is 0.0330. The fourth-order valence-corrected chi connectivity index (χ4v) is 4.82. The number of rotatable bonds is 8. The molecule has 1 saturated carbocycles. The number of amides is 3. The molecular weight excluding hydrogens is 521 g/mol. The Bertz CT molecular complexity index is 1140. The number of nitrogens with zero attached hydrogens (tertiary/aromatic N) is 1. The summed E-state index contributed by atoms with van der Waals surface area (Å²) in [5.41, 5.74) is -1.44. The molecule has 36 heavy (non-hydrogen) atoms. The van der Waals surface area contributed by atoms with Gasteiger partial charge in [-0.05, 0) is 43.2 Å². The van der Waals surface area contributed by atoms with Gasteiger partial charge in [0.15, 0.2) is 0 Å². The van der Waals surface area contributed by atoms with E-state index in [0.29, 0.717) is 9.21 Å². The highest BCUT2D eigenvalue weighted by molar-refractivity contribution is 7.18. The molecule has 0 radical (unpaired) electrons. The van der Waals surface area contributed by atoms with Crippen LogP contribution >= 0.6 is 22.9 Å². The first-order chi connectivity index (χ1) is 17.1. The van der Waals surface area contributed by atoms with Crippen molar-refractivity contribution >= 4 is 52.0 Å². The lowest BCUT2D eigenvalue weighted by Crippen LogP contribution is -2.53. The fraction of sp³-hybridized carbons (Fsp3) is 0.435. The molecular formula is C23H24ClF3N4O4S. The summed E-state index contributed by atoms with van der Waals surface area (Å²) in [5, 5.41) is 8.12. The Morgan fingerprint density at radius 3 is 2.61 bits per heavy atom. The number of nitrogens with one attached hydrogen (secondary N) is 3. The predicted molar refractivity (Wildman–Crippen MR) is 129 cm³/mol. The third kappa shape index (κ3) is 6.36. The van der Waals surface area contributed by atoms with Crippen molar-refractivity contribution in [2.45, 2.75) is 37.5 Å². The van der Waals surface area contributed by atoms with Gasteiger partial charge in [0, 0.05) is 24.8 Å². The normalized spacial score (nSPS) is 17.4. The van der Waals surface area contributed by atoms with E-state index in [1.807, 2.05) is 0 Å². The molecule has 8 nitrogen and oxygen atoms in total. The van der Waals surface area contributed by atoms with Crippen LogP contribution in [-0.2, 0) is 20.5 Å². The topological polar surface area (TPSA) is 99.8 Å². The van der Waals surface area contributed by atoms with Crippen molar-refractivity contribution in [3.05, 3.63) is 45.1 Å². The summed E-state index contributed by atoms with van der Waals surface area (Å²) in [6, 6.07) is 5.52. The molecule has 2 aliphatic rings. The molecule has 1 aromatic carbocycles. The van der Waals surface area contributed by atoms with Crippen LogP contribution in [0.5, 0.6) is 0 Å². The average Bonchev–Trinajstić information content (AvgIpc) is 3.24. The van der Waals surface area contributed by atoms with Gasteiger partial charge in [-0.1, -0.05) is 18.0 Å². The Balaban J connectivity index is 1.51. The number of ether oxygens (including phenoxy) is 1. The van der Waals surface area contributed by atoms with Crippen LogP contribution in [0.15, 0.2) is 30.3 Å². The Labute approximate surface area is 214 Å².